The van der Waals surface area contributed by atoms with Gasteiger partial charge < -0.3 is 14.7 Å². The maximum Gasteiger partial charge on any atom is 0.255 e. The van der Waals surface area contributed by atoms with Crippen LogP contribution in [0.5, 0.6) is 0 Å². The smallest absolute Gasteiger partial charge is 0.255 e. The van der Waals surface area contributed by atoms with Crippen molar-refractivity contribution in [3.8, 4) is 0 Å². The lowest BCUT2D eigenvalue weighted by atomic mass is 9.95. The number of aliphatic hydroxyl groups is 1. The molecule has 3 aliphatic heterocycles. The summed E-state index contributed by atoms with van der Waals surface area (Å²) in [5.74, 6) is 0.626. The van der Waals surface area contributed by atoms with Crippen LogP contribution in [0, 0.1) is 5.92 Å². The quantitative estimate of drug-likeness (QED) is 0.779. The summed E-state index contributed by atoms with van der Waals surface area (Å²) in [7, 11) is 0. The monoisotopic (exact) mass is 319 g/mol. The van der Waals surface area contributed by atoms with Gasteiger partial charge in [0.2, 0.25) is 0 Å². The lowest BCUT2D eigenvalue weighted by molar-refractivity contribution is 0.0487. The molecule has 0 radical (unpaired) electrons. The summed E-state index contributed by atoms with van der Waals surface area (Å²) in [5, 5.41) is 8.77. The Morgan fingerprint density at radius 1 is 1.30 bits per heavy atom. The number of ether oxygens (including phenoxy) is 1. The van der Waals surface area contributed by atoms with E-state index in [9.17, 15) is 4.79 Å². The predicted octanol–water partition coefficient (Wildman–Crippen LogP) is 0.627. The Labute approximate surface area is 137 Å². The van der Waals surface area contributed by atoms with Gasteiger partial charge >= 0.3 is 0 Å². The summed E-state index contributed by atoms with van der Waals surface area (Å²) < 4.78 is 5.40. The SMILES string of the molecule is O=C(c1cccnc1)N1C[C@H]2CC[C@@H](C1)N(CCOCCO)C2. The fourth-order valence-corrected chi connectivity index (χ4v) is 3.64. The normalized spacial score (nSPS) is 24.7. The van der Waals surface area contributed by atoms with Crippen LogP contribution in [0.1, 0.15) is 23.2 Å². The minimum Gasteiger partial charge on any atom is -0.394 e. The second kappa shape index (κ2) is 7.86. The van der Waals surface area contributed by atoms with Crippen molar-refractivity contribution in [1.29, 1.82) is 0 Å². The Balaban J connectivity index is 1.61. The van der Waals surface area contributed by atoms with Gasteiger partial charge in [0.25, 0.3) is 5.91 Å². The van der Waals surface area contributed by atoms with Crippen molar-refractivity contribution in [2.24, 2.45) is 5.92 Å². The third-order valence-corrected chi connectivity index (χ3v) is 4.78. The van der Waals surface area contributed by atoms with Crippen molar-refractivity contribution in [2.45, 2.75) is 18.9 Å². The number of carbonyl (C=O) groups excluding carboxylic acids is 1. The molecule has 0 saturated carbocycles. The molecule has 2 atom stereocenters. The topological polar surface area (TPSA) is 65.9 Å². The van der Waals surface area contributed by atoms with E-state index in [2.05, 4.69) is 9.88 Å². The van der Waals surface area contributed by atoms with Crippen molar-refractivity contribution in [1.82, 2.24) is 14.8 Å². The largest absolute Gasteiger partial charge is 0.394 e. The van der Waals surface area contributed by atoms with Gasteiger partial charge in [-0.05, 0) is 30.9 Å². The van der Waals surface area contributed by atoms with Crippen LogP contribution in [-0.4, -0.2) is 77.8 Å². The Hall–Kier alpha value is -1.50. The van der Waals surface area contributed by atoms with Crippen LogP contribution in [-0.2, 0) is 4.74 Å². The van der Waals surface area contributed by atoms with Gasteiger partial charge in [0.1, 0.15) is 0 Å². The zero-order chi connectivity index (χ0) is 16.1. The minimum absolute atomic E-state index is 0.0689. The maximum atomic E-state index is 12.7. The van der Waals surface area contributed by atoms with E-state index in [0.29, 0.717) is 30.7 Å². The van der Waals surface area contributed by atoms with Crippen LogP contribution < -0.4 is 0 Å². The summed E-state index contributed by atoms with van der Waals surface area (Å²) in [6, 6.07) is 4.06. The summed E-state index contributed by atoms with van der Waals surface area (Å²) in [6.45, 7) is 4.62. The Morgan fingerprint density at radius 3 is 3.00 bits per heavy atom. The first kappa shape index (κ1) is 16.4. The molecule has 0 spiro atoms. The Kier molecular flexibility index (Phi) is 5.59. The number of aliphatic hydroxyl groups excluding tert-OH is 1. The van der Waals surface area contributed by atoms with Crippen molar-refractivity contribution in [2.75, 3.05) is 46.0 Å². The van der Waals surface area contributed by atoms with Gasteiger partial charge in [0.15, 0.2) is 0 Å². The number of aromatic nitrogens is 1. The highest BCUT2D eigenvalue weighted by atomic mass is 16.5. The molecular weight excluding hydrogens is 294 g/mol. The molecule has 4 heterocycles. The molecule has 2 bridgehead atoms. The van der Waals surface area contributed by atoms with E-state index in [-0.39, 0.29) is 12.5 Å². The van der Waals surface area contributed by atoms with Crippen LogP contribution in [0.3, 0.4) is 0 Å². The van der Waals surface area contributed by atoms with Crippen molar-refractivity contribution in [3.63, 3.8) is 0 Å². The molecule has 6 heteroatoms. The molecule has 0 aromatic carbocycles. The third-order valence-electron chi connectivity index (χ3n) is 4.78. The van der Waals surface area contributed by atoms with E-state index in [4.69, 9.17) is 9.84 Å². The molecule has 23 heavy (non-hydrogen) atoms. The van der Waals surface area contributed by atoms with Crippen LogP contribution in [0.2, 0.25) is 0 Å². The fraction of sp³-hybridized carbons (Fsp3) is 0.647. The summed E-state index contributed by atoms with van der Waals surface area (Å²) >= 11 is 0. The molecule has 1 N–H and O–H groups in total. The molecule has 3 fully saturated rings. The second-order valence-electron chi connectivity index (χ2n) is 6.38. The Bertz CT molecular complexity index is 511. The number of amides is 1. The zero-order valence-corrected chi connectivity index (χ0v) is 13.4. The molecular formula is C17H25N3O3. The first-order valence-electron chi connectivity index (χ1n) is 8.40. The molecule has 1 amide bonds. The number of piperidine rings is 1. The lowest BCUT2D eigenvalue weighted by Crippen LogP contribution is -2.45. The number of nitrogens with zero attached hydrogens (tertiary/aromatic N) is 3. The lowest BCUT2D eigenvalue weighted by Gasteiger charge is -2.35. The highest BCUT2D eigenvalue weighted by Gasteiger charge is 2.36. The van der Waals surface area contributed by atoms with E-state index < -0.39 is 0 Å². The van der Waals surface area contributed by atoms with Gasteiger partial charge in [-0.3, -0.25) is 14.7 Å². The molecule has 3 aliphatic rings. The van der Waals surface area contributed by atoms with Gasteiger partial charge in [0.05, 0.1) is 25.4 Å². The summed E-state index contributed by atoms with van der Waals surface area (Å²) in [4.78, 5) is 21.2. The molecule has 6 nitrogen and oxygen atoms in total. The number of pyridine rings is 1. The van der Waals surface area contributed by atoms with Crippen molar-refractivity contribution < 1.29 is 14.6 Å². The standard InChI is InChI=1S/C17H25N3O3/c21-7-9-23-8-6-19-11-14-3-4-16(19)13-20(12-14)17(22)15-2-1-5-18-10-15/h1-2,5,10,14,16,21H,3-4,6-9,11-13H2/t14-,16-/m0/s1. The van der Waals surface area contributed by atoms with Crippen LogP contribution in [0.25, 0.3) is 0 Å². The molecule has 1 aromatic heterocycles. The maximum absolute atomic E-state index is 12.7. The van der Waals surface area contributed by atoms with E-state index >= 15 is 0 Å². The van der Waals surface area contributed by atoms with Gasteiger partial charge in [-0.2, -0.15) is 0 Å². The second-order valence-corrected chi connectivity index (χ2v) is 6.38. The van der Waals surface area contributed by atoms with E-state index in [0.717, 1.165) is 32.6 Å². The minimum atomic E-state index is 0.0689. The summed E-state index contributed by atoms with van der Waals surface area (Å²) in [6.07, 6.45) is 5.67. The van der Waals surface area contributed by atoms with Crippen LogP contribution >= 0.6 is 0 Å². The van der Waals surface area contributed by atoms with Crippen LogP contribution in [0.4, 0.5) is 0 Å². The first-order valence-corrected chi connectivity index (χ1v) is 8.40. The number of rotatable bonds is 6. The Morgan fingerprint density at radius 2 is 2.22 bits per heavy atom. The molecule has 0 unspecified atom stereocenters. The molecule has 1 aromatic rings. The van der Waals surface area contributed by atoms with E-state index in [1.165, 1.54) is 6.42 Å². The predicted molar refractivity (Wildman–Crippen MR) is 86.1 cm³/mol. The van der Waals surface area contributed by atoms with Crippen molar-refractivity contribution >= 4 is 5.91 Å². The van der Waals surface area contributed by atoms with Gasteiger partial charge in [-0.15, -0.1) is 0 Å². The van der Waals surface area contributed by atoms with Crippen molar-refractivity contribution in [3.05, 3.63) is 30.1 Å². The number of hydrogen-bond donors (Lipinski definition) is 1. The molecule has 3 saturated heterocycles. The van der Waals surface area contributed by atoms with Gasteiger partial charge in [0, 0.05) is 44.6 Å². The zero-order valence-electron chi connectivity index (χ0n) is 13.4. The third kappa shape index (κ3) is 4.07. The number of carbonyl (C=O) groups is 1. The van der Waals surface area contributed by atoms with E-state index in [1.54, 1.807) is 12.4 Å². The summed E-state index contributed by atoms with van der Waals surface area (Å²) in [5.41, 5.74) is 0.673. The first-order chi connectivity index (χ1) is 11.3. The van der Waals surface area contributed by atoms with Crippen LogP contribution in [0.15, 0.2) is 24.5 Å². The van der Waals surface area contributed by atoms with Gasteiger partial charge in [-0.1, -0.05) is 0 Å². The van der Waals surface area contributed by atoms with Gasteiger partial charge in [-0.25, -0.2) is 0 Å². The highest BCUT2D eigenvalue weighted by Crippen LogP contribution is 2.28. The highest BCUT2D eigenvalue weighted by molar-refractivity contribution is 5.93. The molecule has 4 rings (SSSR count). The fourth-order valence-electron chi connectivity index (χ4n) is 3.64. The average Bonchev–Trinajstić information content (AvgIpc) is 2.90. The number of hydrogen-bond acceptors (Lipinski definition) is 5. The average molecular weight is 319 g/mol. The van der Waals surface area contributed by atoms with E-state index in [1.807, 2.05) is 17.0 Å². The number of fused-ring (bicyclic) bond motifs is 4. The molecule has 126 valence electrons. The molecule has 0 aliphatic carbocycles.